The summed E-state index contributed by atoms with van der Waals surface area (Å²) in [5.74, 6) is 0.310. The Morgan fingerprint density at radius 1 is 1.30 bits per heavy atom. The lowest BCUT2D eigenvalue weighted by molar-refractivity contribution is -0.0869. The van der Waals surface area contributed by atoms with Crippen molar-refractivity contribution in [1.82, 2.24) is 4.57 Å². The number of hydrogen-bond donors (Lipinski definition) is 0. The second-order valence-corrected chi connectivity index (χ2v) is 6.17. The van der Waals surface area contributed by atoms with E-state index in [2.05, 4.69) is 62.0 Å². The fraction of sp³-hybridized carbons (Fsp3) is 0.471. The highest BCUT2D eigenvalue weighted by atomic mass is 16.5. The first kappa shape index (κ1) is 13.2. The molecule has 1 unspecified atom stereocenters. The fourth-order valence-electron chi connectivity index (χ4n) is 3.47. The zero-order chi connectivity index (χ0) is 14.3. The number of benzene rings is 1. The van der Waals surface area contributed by atoms with E-state index in [1.807, 2.05) is 0 Å². The van der Waals surface area contributed by atoms with Crippen LogP contribution in [-0.4, -0.2) is 17.8 Å². The Morgan fingerprint density at radius 3 is 2.55 bits per heavy atom. The van der Waals surface area contributed by atoms with Crippen molar-refractivity contribution in [3.63, 3.8) is 0 Å². The molecule has 1 aliphatic heterocycles. The van der Waals surface area contributed by atoms with Crippen molar-refractivity contribution in [1.29, 1.82) is 5.26 Å². The van der Waals surface area contributed by atoms with Crippen LogP contribution in [-0.2, 0) is 17.2 Å². The number of aromatic nitrogens is 1. The van der Waals surface area contributed by atoms with Crippen LogP contribution in [0.2, 0.25) is 0 Å². The molecule has 3 rings (SSSR count). The van der Waals surface area contributed by atoms with Crippen LogP contribution in [0.3, 0.4) is 0 Å². The highest BCUT2D eigenvalue weighted by molar-refractivity contribution is 5.85. The maximum Gasteiger partial charge on any atom is 0.0669 e. The molecule has 3 heteroatoms. The molecule has 1 aliphatic rings. The van der Waals surface area contributed by atoms with E-state index in [-0.39, 0.29) is 11.3 Å². The van der Waals surface area contributed by atoms with Gasteiger partial charge >= 0.3 is 0 Å². The highest BCUT2D eigenvalue weighted by Crippen LogP contribution is 2.45. The van der Waals surface area contributed by atoms with Crippen LogP contribution >= 0.6 is 0 Å². The molecule has 0 spiro atoms. The van der Waals surface area contributed by atoms with Gasteiger partial charge in [-0.15, -0.1) is 0 Å². The first-order valence-electron chi connectivity index (χ1n) is 7.12. The maximum atomic E-state index is 9.62. The Balaban J connectivity index is 2.20. The topological polar surface area (TPSA) is 38.0 Å². The summed E-state index contributed by atoms with van der Waals surface area (Å²) in [5, 5.41) is 10.9. The van der Waals surface area contributed by atoms with E-state index < -0.39 is 0 Å². The summed E-state index contributed by atoms with van der Waals surface area (Å²) in [6.45, 7) is 5.55. The van der Waals surface area contributed by atoms with Gasteiger partial charge < -0.3 is 9.30 Å². The van der Waals surface area contributed by atoms with Gasteiger partial charge in [-0.1, -0.05) is 32.0 Å². The molecule has 0 N–H and O–H groups in total. The molecular formula is C17H20N2O. The molecular weight excluding hydrogens is 248 g/mol. The first-order chi connectivity index (χ1) is 9.60. The molecule has 2 aromatic rings. The van der Waals surface area contributed by atoms with Gasteiger partial charge in [-0.3, -0.25) is 0 Å². The zero-order valence-electron chi connectivity index (χ0n) is 12.3. The lowest BCUT2D eigenvalue weighted by Gasteiger charge is -2.46. The van der Waals surface area contributed by atoms with Crippen LogP contribution < -0.4 is 0 Å². The average Bonchev–Trinajstić information content (AvgIpc) is 2.71. The van der Waals surface area contributed by atoms with Crippen LogP contribution in [0.5, 0.6) is 0 Å². The third-order valence-corrected chi connectivity index (χ3v) is 4.55. The van der Waals surface area contributed by atoms with Crippen molar-refractivity contribution in [2.24, 2.45) is 18.9 Å². The van der Waals surface area contributed by atoms with Gasteiger partial charge in [-0.25, -0.2) is 0 Å². The molecule has 0 saturated carbocycles. The van der Waals surface area contributed by atoms with Crippen molar-refractivity contribution >= 4 is 10.9 Å². The second-order valence-electron chi connectivity index (χ2n) is 6.17. The van der Waals surface area contributed by atoms with Gasteiger partial charge in [-0.2, -0.15) is 5.26 Å². The van der Waals surface area contributed by atoms with Crippen LogP contribution in [0.25, 0.3) is 10.9 Å². The highest BCUT2D eigenvalue weighted by Gasteiger charge is 2.50. The predicted molar refractivity (Wildman–Crippen MR) is 79.4 cm³/mol. The van der Waals surface area contributed by atoms with Crippen molar-refractivity contribution in [2.75, 3.05) is 13.2 Å². The number of hydrogen-bond acceptors (Lipinski definition) is 2. The van der Waals surface area contributed by atoms with Gasteiger partial charge in [0.25, 0.3) is 0 Å². The van der Waals surface area contributed by atoms with Gasteiger partial charge in [0.2, 0.25) is 0 Å². The summed E-state index contributed by atoms with van der Waals surface area (Å²) in [5.41, 5.74) is 2.33. The quantitative estimate of drug-likeness (QED) is 0.857. The standard InChI is InChI=1S/C17H20N2O/c1-12(2)14(8-18)17(10-20-11-17)15-9-19(3)16-7-5-4-6-13(15)16/h4-7,9,12,14H,10-11H2,1-3H3. The van der Waals surface area contributed by atoms with E-state index in [0.717, 1.165) is 0 Å². The normalized spacial score (nSPS) is 18.8. The van der Waals surface area contributed by atoms with Gasteiger partial charge in [0, 0.05) is 24.1 Å². The van der Waals surface area contributed by atoms with Gasteiger partial charge in [0.15, 0.2) is 0 Å². The predicted octanol–water partition coefficient (Wildman–Crippen LogP) is 3.24. The minimum atomic E-state index is -0.149. The Hall–Kier alpha value is -1.79. The second kappa shape index (κ2) is 4.64. The molecule has 1 fully saturated rings. The fourth-order valence-corrected chi connectivity index (χ4v) is 3.47. The lowest BCUT2D eigenvalue weighted by atomic mass is 9.65. The number of nitrogens with zero attached hydrogens (tertiary/aromatic N) is 2. The number of rotatable bonds is 3. The molecule has 1 aromatic carbocycles. The van der Waals surface area contributed by atoms with E-state index in [1.54, 1.807) is 0 Å². The molecule has 2 heterocycles. The molecule has 104 valence electrons. The molecule has 0 amide bonds. The minimum absolute atomic E-state index is 0.0120. The van der Waals surface area contributed by atoms with E-state index >= 15 is 0 Å². The summed E-state index contributed by atoms with van der Waals surface area (Å²) in [6.07, 6.45) is 2.18. The van der Waals surface area contributed by atoms with Gasteiger partial charge in [-0.05, 0) is 17.5 Å². The van der Waals surface area contributed by atoms with Crippen molar-refractivity contribution < 1.29 is 4.74 Å². The smallest absolute Gasteiger partial charge is 0.0669 e. The van der Waals surface area contributed by atoms with Crippen molar-refractivity contribution in [3.05, 3.63) is 36.0 Å². The number of ether oxygens (including phenoxy) is 1. The van der Waals surface area contributed by atoms with Crippen molar-refractivity contribution in [3.8, 4) is 6.07 Å². The molecule has 20 heavy (non-hydrogen) atoms. The van der Waals surface area contributed by atoms with Gasteiger partial charge in [0.05, 0.1) is 30.6 Å². The SMILES string of the molecule is CC(C)C(C#N)C1(c2cn(C)c3ccccc23)COC1. The summed E-state index contributed by atoms with van der Waals surface area (Å²) in [7, 11) is 2.07. The monoisotopic (exact) mass is 268 g/mol. The number of nitriles is 1. The Labute approximate surface area is 119 Å². The maximum absolute atomic E-state index is 9.62. The number of fused-ring (bicyclic) bond motifs is 1. The van der Waals surface area contributed by atoms with Crippen LogP contribution in [0, 0.1) is 23.2 Å². The number of aryl methyl sites for hydroxylation is 1. The van der Waals surface area contributed by atoms with Crippen LogP contribution in [0.4, 0.5) is 0 Å². The average molecular weight is 268 g/mol. The summed E-state index contributed by atoms with van der Waals surface area (Å²) in [4.78, 5) is 0. The Kier molecular flexibility index (Phi) is 3.07. The largest absolute Gasteiger partial charge is 0.379 e. The Bertz CT molecular complexity index is 674. The summed E-state index contributed by atoms with van der Waals surface area (Å²) in [6, 6.07) is 10.9. The van der Waals surface area contributed by atoms with Crippen LogP contribution in [0.1, 0.15) is 19.4 Å². The van der Waals surface area contributed by atoms with Crippen LogP contribution in [0.15, 0.2) is 30.5 Å². The molecule has 0 radical (unpaired) electrons. The molecule has 1 atom stereocenters. The molecule has 1 saturated heterocycles. The van der Waals surface area contributed by atoms with E-state index in [9.17, 15) is 5.26 Å². The third kappa shape index (κ3) is 1.68. The lowest BCUT2D eigenvalue weighted by Crippen LogP contribution is -2.53. The van der Waals surface area contributed by atoms with E-state index in [1.165, 1.54) is 16.5 Å². The Morgan fingerprint density at radius 2 is 2.00 bits per heavy atom. The minimum Gasteiger partial charge on any atom is -0.379 e. The third-order valence-electron chi connectivity index (χ3n) is 4.55. The van der Waals surface area contributed by atoms with Gasteiger partial charge in [0.1, 0.15) is 0 Å². The summed E-state index contributed by atoms with van der Waals surface area (Å²) >= 11 is 0. The zero-order valence-corrected chi connectivity index (χ0v) is 12.3. The van der Waals surface area contributed by atoms with E-state index in [0.29, 0.717) is 19.1 Å². The first-order valence-corrected chi connectivity index (χ1v) is 7.12. The molecule has 0 bridgehead atoms. The molecule has 1 aromatic heterocycles. The van der Waals surface area contributed by atoms with E-state index in [4.69, 9.17) is 4.74 Å². The summed E-state index contributed by atoms with van der Waals surface area (Å²) < 4.78 is 7.68. The molecule has 3 nitrogen and oxygen atoms in total. The van der Waals surface area contributed by atoms with Crippen molar-refractivity contribution in [2.45, 2.75) is 19.3 Å². The molecule has 0 aliphatic carbocycles. The number of para-hydroxylation sites is 1.